The van der Waals surface area contributed by atoms with E-state index in [-0.39, 0.29) is 6.04 Å². The van der Waals surface area contributed by atoms with E-state index < -0.39 is 0 Å². The van der Waals surface area contributed by atoms with Gasteiger partial charge in [-0.15, -0.1) is 0 Å². The predicted molar refractivity (Wildman–Crippen MR) is 78.4 cm³/mol. The molecular formula is C15H27N3O. The summed E-state index contributed by atoms with van der Waals surface area (Å²) in [5.41, 5.74) is 7.71. The molecule has 0 radical (unpaired) electrons. The Morgan fingerprint density at radius 2 is 2.05 bits per heavy atom. The molecule has 0 aromatic carbocycles. The van der Waals surface area contributed by atoms with E-state index in [9.17, 15) is 0 Å². The quantitative estimate of drug-likeness (QED) is 0.903. The molecule has 0 bridgehead atoms. The molecule has 2 atom stereocenters. The molecule has 1 heterocycles. The van der Waals surface area contributed by atoms with Crippen LogP contribution in [-0.2, 0) is 0 Å². The van der Waals surface area contributed by atoms with E-state index in [1.165, 1.54) is 25.7 Å². The molecule has 2 N–H and O–H groups in total. The fourth-order valence-corrected chi connectivity index (χ4v) is 2.95. The van der Waals surface area contributed by atoms with Crippen LogP contribution < -0.4 is 10.5 Å². The number of aryl methyl sites for hydroxylation is 1. The van der Waals surface area contributed by atoms with Crippen LogP contribution in [0.4, 0.5) is 5.69 Å². The summed E-state index contributed by atoms with van der Waals surface area (Å²) in [5, 5.41) is 4.49. The minimum absolute atomic E-state index is 0.273. The Morgan fingerprint density at radius 1 is 1.37 bits per heavy atom. The van der Waals surface area contributed by atoms with Gasteiger partial charge >= 0.3 is 0 Å². The highest BCUT2D eigenvalue weighted by Crippen LogP contribution is 2.34. The van der Waals surface area contributed by atoms with E-state index in [0.717, 1.165) is 18.0 Å². The molecular weight excluding hydrogens is 238 g/mol. The van der Waals surface area contributed by atoms with Gasteiger partial charge in [0, 0.05) is 0 Å². The molecule has 1 fully saturated rings. The van der Waals surface area contributed by atoms with Gasteiger partial charge in [0.15, 0.2) is 0 Å². The van der Waals surface area contributed by atoms with Crippen molar-refractivity contribution in [3.05, 3.63) is 5.69 Å². The van der Waals surface area contributed by atoms with E-state index in [1.54, 1.807) is 0 Å². The summed E-state index contributed by atoms with van der Waals surface area (Å²) in [7, 11) is 0. The number of nitrogen functional groups attached to an aromatic ring is 1. The molecule has 1 saturated carbocycles. The van der Waals surface area contributed by atoms with Crippen molar-refractivity contribution < 1.29 is 4.74 Å². The molecule has 1 aromatic rings. The van der Waals surface area contributed by atoms with Gasteiger partial charge < -0.3 is 10.5 Å². The molecule has 0 spiro atoms. The first kappa shape index (κ1) is 14.2. The van der Waals surface area contributed by atoms with Crippen molar-refractivity contribution >= 4 is 5.69 Å². The summed E-state index contributed by atoms with van der Waals surface area (Å²) in [6.45, 7) is 8.41. The maximum Gasteiger partial charge on any atom is 0.236 e. The van der Waals surface area contributed by atoms with Crippen molar-refractivity contribution in [1.29, 1.82) is 0 Å². The lowest BCUT2D eigenvalue weighted by atomic mass is 9.85. The van der Waals surface area contributed by atoms with Crippen molar-refractivity contribution in [2.75, 3.05) is 5.73 Å². The largest absolute Gasteiger partial charge is 0.473 e. The minimum atomic E-state index is 0.273. The minimum Gasteiger partial charge on any atom is -0.473 e. The predicted octanol–water partition coefficient (Wildman–Crippen LogP) is 3.70. The molecule has 0 amide bonds. The van der Waals surface area contributed by atoms with E-state index in [4.69, 9.17) is 10.5 Å². The van der Waals surface area contributed by atoms with Gasteiger partial charge in [0.2, 0.25) is 5.88 Å². The van der Waals surface area contributed by atoms with Gasteiger partial charge in [0.1, 0.15) is 11.8 Å². The molecule has 2 unspecified atom stereocenters. The first-order valence-electron chi connectivity index (χ1n) is 7.55. The topological polar surface area (TPSA) is 53.1 Å². The van der Waals surface area contributed by atoms with E-state index in [2.05, 4.69) is 25.9 Å². The number of nitrogens with zero attached hydrogens (tertiary/aromatic N) is 2. The second-order valence-electron chi connectivity index (χ2n) is 5.95. The van der Waals surface area contributed by atoms with Crippen LogP contribution in [0.15, 0.2) is 0 Å². The van der Waals surface area contributed by atoms with Gasteiger partial charge in [-0.1, -0.05) is 13.3 Å². The van der Waals surface area contributed by atoms with E-state index in [0.29, 0.717) is 17.7 Å². The second kappa shape index (κ2) is 5.85. The Hall–Kier alpha value is -1.19. The lowest BCUT2D eigenvalue weighted by Gasteiger charge is -2.31. The average Bonchev–Trinajstić information content (AvgIpc) is 2.68. The summed E-state index contributed by atoms with van der Waals surface area (Å²) < 4.78 is 8.20. The summed E-state index contributed by atoms with van der Waals surface area (Å²) in [4.78, 5) is 0. The lowest BCUT2D eigenvalue weighted by Crippen LogP contribution is -2.31. The van der Waals surface area contributed by atoms with Crippen LogP contribution in [0.1, 0.15) is 64.6 Å². The summed E-state index contributed by atoms with van der Waals surface area (Å²) >= 11 is 0. The van der Waals surface area contributed by atoms with Gasteiger partial charge in [-0.3, -0.25) is 0 Å². The summed E-state index contributed by atoms with van der Waals surface area (Å²) in [5.74, 6) is 1.43. The van der Waals surface area contributed by atoms with Crippen molar-refractivity contribution in [3.63, 3.8) is 0 Å². The van der Waals surface area contributed by atoms with Gasteiger partial charge in [-0.2, -0.15) is 5.10 Å². The Balaban J connectivity index is 2.22. The zero-order valence-corrected chi connectivity index (χ0v) is 12.6. The Kier molecular flexibility index (Phi) is 4.38. The summed E-state index contributed by atoms with van der Waals surface area (Å²) in [6, 6.07) is 0.273. The molecule has 1 aliphatic rings. The van der Waals surface area contributed by atoms with Crippen molar-refractivity contribution in [2.45, 2.75) is 71.9 Å². The van der Waals surface area contributed by atoms with Crippen molar-refractivity contribution in [1.82, 2.24) is 9.78 Å². The molecule has 0 aliphatic heterocycles. The number of anilines is 1. The third-order valence-electron chi connectivity index (χ3n) is 4.20. The number of rotatable bonds is 4. The standard InChI is InChI=1S/C15H27N3O/c1-5-12-8-6-7-9-13(12)19-15-14(16)11(4)17-18(15)10(2)3/h10,12-13H,5-9,16H2,1-4H3. The number of hydrogen-bond donors (Lipinski definition) is 1. The average molecular weight is 265 g/mol. The summed E-state index contributed by atoms with van der Waals surface area (Å²) in [6.07, 6.45) is 6.48. The fraction of sp³-hybridized carbons (Fsp3) is 0.800. The molecule has 0 saturated heterocycles. The SMILES string of the molecule is CCC1CCCCC1Oc1c(N)c(C)nn1C(C)C. The molecule has 4 nitrogen and oxygen atoms in total. The number of hydrogen-bond acceptors (Lipinski definition) is 3. The zero-order valence-electron chi connectivity index (χ0n) is 12.6. The van der Waals surface area contributed by atoms with Crippen LogP contribution >= 0.6 is 0 Å². The van der Waals surface area contributed by atoms with Crippen LogP contribution in [-0.4, -0.2) is 15.9 Å². The van der Waals surface area contributed by atoms with Crippen molar-refractivity contribution in [2.24, 2.45) is 5.92 Å². The van der Waals surface area contributed by atoms with Gasteiger partial charge in [-0.05, 0) is 52.4 Å². The highest BCUT2D eigenvalue weighted by Gasteiger charge is 2.28. The highest BCUT2D eigenvalue weighted by atomic mass is 16.5. The molecule has 2 rings (SSSR count). The maximum atomic E-state index is 6.28. The molecule has 108 valence electrons. The van der Waals surface area contributed by atoms with Crippen LogP contribution in [0.3, 0.4) is 0 Å². The van der Waals surface area contributed by atoms with E-state index >= 15 is 0 Å². The fourth-order valence-electron chi connectivity index (χ4n) is 2.95. The number of nitrogens with two attached hydrogens (primary N) is 1. The first-order valence-corrected chi connectivity index (χ1v) is 7.55. The first-order chi connectivity index (χ1) is 9.04. The Bertz CT molecular complexity index is 425. The zero-order chi connectivity index (χ0) is 14.0. The molecule has 19 heavy (non-hydrogen) atoms. The third kappa shape index (κ3) is 2.88. The Morgan fingerprint density at radius 3 is 2.68 bits per heavy atom. The monoisotopic (exact) mass is 265 g/mol. The number of aromatic nitrogens is 2. The van der Waals surface area contributed by atoms with Gasteiger partial charge in [0.25, 0.3) is 0 Å². The normalized spacial score (nSPS) is 23.8. The van der Waals surface area contributed by atoms with Crippen LogP contribution in [0, 0.1) is 12.8 Å². The smallest absolute Gasteiger partial charge is 0.236 e. The van der Waals surface area contributed by atoms with Crippen LogP contribution in [0.5, 0.6) is 5.88 Å². The molecule has 4 heteroatoms. The van der Waals surface area contributed by atoms with Gasteiger partial charge in [0.05, 0.1) is 11.7 Å². The van der Waals surface area contributed by atoms with Crippen LogP contribution in [0.25, 0.3) is 0 Å². The van der Waals surface area contributed by atoms with E-state index in [1.807, 2.05) is 11.6 Å². The van der Waals surface area contributed by atoms with Crippen LogP contribution in [0.2, 0.25) is 0 Å². The lowest BCUT2D eigenvalue weighted by molar-refractivity contribution is 0.0798. The second-order valence-corrected chi connectivity index (χ2v) is 5.95. The van der Waals surface area contributed by atoms with Gasteiger partial charge in [-0.25, -0.2) is 4.68 Å². The number of ether oxygens (including phenoxy) is 1. The third-order valence-corrected chi connectivity index (χ3v) is 4.20. The Labute approximate surface area is 116 Å². The molecule has 1 aromatic heterocycles. The molecule has 1 aliphatic carbocycles. The van der Waals surface area contributed by atoms with Crippen molar-refractivity contribution in [3.8, 4) is 5.88 Å². The maximum absolute atomic E-state index is 6.28. The highest BCUT2D eigenvalue weighted by molar-refractivity contribution is 5.52.